The van der Waals surface area contributed by atoms with Crippen molar-refractivity contribution in [1.29, 1.82) is 0 Å². The first-order valence-corrected chi connectivity index (χ1v) is 6.41. The molecule has 2 rings (SSSR count). The Balaban J connectivity index is 1.82. The van der Waals surface area contributed by atoms with Crippen molar-refractivity contribution in [2.75, 3.05) is 13.1 Å². The molecule has 2 nitrogen and oxygen atoms in total. The van der Waals surface area contributed by atoms with Gasteiger partial charge in [-0.05, 0) is 24.1 Å². The van der Waals surface area contributed by atoms with Gasteiger partial charge in [-0.2, -0.15) is 0 Å². The SMILES string of the molecule is CC1CN=C(NCCc2cc(F)cc(F)c2)S1. The molecule has 5 heteroatoms. The van der Waals surface area contributed by atoms with Gasteiger partial charge >= 0.3 is 0 Å². The molecule has 92 valence electrons. The van der Waals surface area contributed by atoms with Crippen molar-refractivity contribution < 1.29 is 8.78 Å². The third-order valence-corrected chi connectivity index (χ3v) is 3.47. The first kappa shape index (κ1) is 12.4. The van der Waals surface area contributed by atoms with Crippen molar-refractivity contribution in [1.82, 2.24) is 5.32 Å². The fourth-order valence-corrected chi connectivity index (χ4v) is 2.51. The van der Waals surface area contributed by atoms with E-state index in [1.165, 1.54) is 12.1 Å². The normalized spacial score (nSPS) is 19.2. The molecular weight excluding hydrogens is 242 g/mol. The molecule has 0 saturated heterocycles. The summed E-state index contributed by atoms with van der Waals surface area (Å²) in [6.07, 6.45) is 0.586. The van der Waals surface area contributed by atoms with Gasteiger partial charge in [0, 0.05) is 17.9 Å². The number of halogens is 2. The lowest BCUT2D eigenvalue weighted by atomic mass is 10.1. The summed E-state index contributed by atoms with van der Waals surface area (Å²) in [7, 11) is 0. The van der Waals surface area contributed by atoms with Crippen LogP contribution in [0.3, 0.4) is 0 Å². The number of hydrogen-bond acceptors (Lipinski definition) is 3. The van der Waals surface area contributed by atoms with Crippen LogP contribution in [-0.4, -0.2) is 23.5 Å². The topological polar surface area (TPSA) is 24.4 Å². The van der Waals surface area contributed by atoms with Crippen molar-refractivity contribution in [2.24, 2.45) is 4.99 Å². The zero-order valence-corrected chi connectivity index (χ0v) is 10.4. The van der Waals surface area contributed by atoms with Gasteiger partial charge in [0.05, 0.1) is 6.54 Å². The van der Waals surface area contributed by atoms with E-state index in [0.717, 1.165) is 17.8 Å². The predicted molar refractivity (Wildman–Crippen MR) is 67.4 cm³/mol. The minimum atomic E-state index is -0.527. The number of amidine groups is 1. The van der Waals surface area contributed by atoms with Crippen LogP contribution in [0.25, 0.3) is 0 Å². The van der Waals surface area contributed by atoms with Crippen molar-refractivity contribution in [2.45, 2.75) is 18.6 Å². The van der Waals surface area contributed by atoms with Gasteiger partial charge in [0.15, 0.2) is 5.17 Å². The van der Waals surface area contributed by atoms with Gasteiger partial charge in [0.2, 0.25) is 0 Å². The van der Waals surface area contributed by atoms with Gasteiger partial charge in [0.1, 0.15) is 11.6 Å². The lowest BCUT2D eigenvalue weighted by molar-refractivity contribution is 0.579. The smallest absolute Gasteiger partial charge is 0.156 e. The largest absolute Gasteiger partial charge is 0.365 e. The Bertz CT molecular complexity index is 414. The predicted octanol–water partition coefficient (Wildman–Crippen LogP) is 2.59. The van der Waals surface area contributed by atoms with Crippen LogP contribution in [0.15, 0.2) is 23.2 Å². The van der Waals surface area contributed by atoms with Crippen molar-refractivity contribution in [3.05, 3.63) is 35.4 Å². The zero-order valence-electron chi connectivity index (χ0n) is 9.54. The maximum absolute atomic E-state index is 12.9. The summed E-state index contributed by atoms with van der Waals surface area (Å²) in [6.45, 7) is 3.59. The summed E-state index contributed by atoms with van der Waals surface area (Å²) >= 11 is 1.70. The van der Waals surface area contributed by atoms with E-state index in [-0.39, 0.29) is 0 Å². The molecule has 1 aromatic carbocycles. The standard InChI is InChI=1S/C12H14F2N2S/c1-8-7-16-12(17-8)15-3-2-9-4-10(13)6-11(14)5-9/h4-6,8H,2-3,7H2,1H3,(H,15,16). The first-order valence-electron chi connectivity index (χ1n) is 5.53. The summed E-state index contributed by atoms with van der Waals surface area (Å²) in [6, 6.07) is 3.60. The number of rotatable bonds is 3. The van der Waals surface area contributed by atoms with Crippen LogP contribution in [0.4, 0.5) is 8.78 Å². The van der Waals surface area contributed by atoms with Gasteiger partial charge in [-0.1, -0.05) is 18.7 Å². The quantitative estimate of drug-likeness (QED) is 0.899. The van der Waals surface area contributed by atoms with Crippen LogP contribution in [-0.2, 0) is 6.42 Å². The van der Waals surface area contributed by atoms with E-state index in [1.807, 2.05) is 0 Å². The second-order valence-electron chi connectivity index (χ2n) is 4.03. The number of hydrogen-bond donors (Lipinski definition) is 1. The highest BCUT2D eigenvalue weighted by Gasteiger charge is 2.13. The molecule has 1 heterocycles. The van der Waals surface area contributed by atoms with E-state index in [4.69, 9.17) is 0 Å². The average Bonchev–Trinajstić information content (AvgIpc) is 2.63. The fourth-order valence-electron chi connectivity index (χ4n) is 1.64. The minimum absolute atomic E-state index is 0.518. The molecule has 17 heavy (non-hydrogen) atoms. The number of nitrogens with zero attached hydrogens (tertiary/aromatic N) is 1. The van der Waals surface area contributed by atoms with Crippen LogP contribution < -0.4 is 5.32 Å². The average molecular weight is 256 g/mol. The Morgan fingerprint density at radius 3 is 2.65 bits per heavy atom. The monoisotopic (exact) mass is 256 g/mol. The zero-order chi connectivity index (χ0) is 12.3. The van der Waals surface area contributed by atoms with Gasteiger partial charge in [-0.3, -0.25) is 4.99 Å². The molecule has 0 bridgehead atoms. The van der Waals surface area contributed by atoms with E-state index in [1.54, 1.807) is 11.8 Å². The molecule has 0 saturated carbocycles. The molecule has 0 spiro atoms. The lowest BCUT2D eigenvalue weighted by Gasteiger charge is -2.06. The Morgan fingerprint density at radius 1 is 1.35 bits per heavy atom. The summed E-state index contributed by atoms with van der Waals surface area (Å²) in [4.78, 5) is 4.30. The number of nitrogens with one attached hydrogen (secondary N) is 1. The minimum Gasteiger partial charge on any atom is -0.365 e. The molecule has 0 radical (unpaired) electrons. The van der Waals surface area contributed by atoms with Crippen LogP contribution in [0, 0.1) is 11.6 Å². The summed E-state index contributed by atoms with van der Waals surface area (Å²) in [5.41, 5.74) is 0.659. The maximum atomic E-state index is 12.9. The van der Waals surface area contributed by atoms with Crippen molar-refractivity contribution in [3.8, 4) is 0 Å². The Kier molecular flexibility index (Phi) is 3.99. The molecule has 1 N–H and O–H groups in total. The first-order chi connectivity index (χ1) is 8.13. The second-order valence-corrected chi connectivity index (χ2v) is 5.46. The lowest BCUT2D eigenvalue weighted by Crippen LogP contribution is -2.22. The van der Waals surface area contributed by atoms with E-state index >= 15 is 0 Å². The third-order valence-electron chi connectivity index (χ3n) is 2.42. The highest BCUT2D eigenvalue weighted by Crippen LogP contribution is 2.18. The maximum Gasteiger partial charge on any atom is 0.156 e. The van der Waals surface area contributed by atoms with Gasteiger partial charge in [0.25, 0.3) is 0 Å². The number of benzene rings is 1. The molecule has 0 aromatic heterocycles. The molecule has 0 fully saturated rings. The molecule has 1 aromatic rings. The van der Waals surface area contributed by atoms with Crippen LogP contribution in [0.1, 0.15) is 12.5 Å². The van der Waals surface area contributed by atoms with E-state index in [9.17, 15) is 8.78 Å². The molecule has 1 atom stereocenters. The molecule has 0 aliphatic carbocycles. The molecule has 1 aliphatic rings. The van der Waals surface area contributed by atoms with Gasteiger partial charge < -0.3 is 5.32 Å². The van der Waals surface area contributed by atoms with Gasteiger partial charge in [-0.25, -0.2) is 8.78 Å². The third kappa shape index (κ3) is 3.70. The fraction of sp³-hybridized carbons (Fsp3) is 0.417. The van der Waals surface area contributed by atoms with Crippen LogP contribution >= 0.6 is 11.8 Å². The number of thioether (sulfide) groups is 1. The van der Waals surface area contributed by atoms with Crippen LogP contribution in [0.5, 0.6) is 0 Å². The molecular formula is C12H14F2N2S. The van der Waals surface area contributed by atoms with Crippen molar-refractivity contribution in [3.63, 3.8) is 0 Å². The van der Waals surface area contributed by atoms with Gasteiger partial charge in [-0.15, -0.1) is 0 Å². The Morgan fingerprint density at radius 2 is 2.06 bits per heavy atom. The second kappa shape index (κ2) is 5.49. The van der Waals surface area contributed by atoms with E-state index in [2.05, 4.69) is 17.2 Å². The molecule has 1 aliphatic heterocycles. The molecule has 1 unspecified atom stereocenters. The van der Waals surface area contributed by atoms with E-state index in [0.29, 0.717) is 23.8 Å². The highest BCUT2D eigenvalue weighted by atomic mass is 32.2. The summed E-state index contributed by atoms with van der Waals surface area (Å²) in [5.74, 6) is -1.05. The Labute approximate surface area is 104 Å². The summed E-state index contributed by atoms with van der Waals surface area (Å²) < 4.78 is 25.8. The highest BCUT2D eigenvalue weighted by molar-refractivity contribution is 8.14. The van der Waals surface area contributed by atoms with E-state index < -0.39 is 11.6 Å². The van der Waals surface area contributed by atoms with Crippen molar-refractivity contribution >= 4 is 16.9 Å². The Hall–Kier alpha value is -1.10. The van der Waals surface area contributed by atoms with Crippen LogP contribution in [0.2, 0.25) is 0 Å². The number of aliphatic imine (C=N–C) groups is 1. The molecule has 0 amide bonds. The summed E-state index contributed by atoms with van der Waals surface area (Å²) in [5, 5.41) is 4.61.